The van der Waals surface area contributed by atoms with Gasteiger partial charge in [-0.1, -0.05) is 22.6 Å². The number of halogens is 3. The first-order valence-corrected chi connectivity index (χ1v) is 15.9. The molecule has 0 unspecified atom stereocenters. The van der Waals surface area contributed by atoms with Crippen LogP contribution in [0.15, 0.2) is 12.1 Å². The van der Waals surface area contributed by atoms with Crippen LogP contribution >= 0.6 is 45.8 Å². The Hall–Kier alpha value is -1.10. The van der Waals surface area contributed by atoms with Crippen LogP contribution in [0.3, 0.4) is 0 Å². The molecule has 2 aromatic rings. The van der Waals surface area contributed by atoms with Crippen molar-refractivity contribution in [3.8, 4) is 0 Å². The first-order chi connectivity index (χ1) is 17.9. The maximum absolute atomic E-state index is 11.5. The summed E-state index contributed by atoms with van der Waals surface area (Å²) in [7, 11) is -2.54. The van der Waals surface area contributed by atoms with E-state index in [4.69, 9.17) is 32.7 Å². The molecular weight excluding hydrogens is 670 g/mol. The Morgan fingerprint density at radius 3 is 1.63 bits per heavy atom. The van der Waals surface area contributed by atoms with Crippen LogP contribution in [0, 0.1) is 0 Å². The van der Waals surface area contributed by atoms with E-state index in [0.29, 0.717) is 42.1 Å². The van der Waals surface area contributed by atoms with Crippen LogP contribution < -0.4 is 9.80 Å². The molecule has 2 aliphatic rings. The van der Waals surface area contributed by atoms with Gasteiger partial charge >= 0.3 is 0 Å². The highest BCUT2D eigenvalue weighted by Crippen LogP contribution is 2.25. The van der Waals surface area contributed by atoms with Crippen molar-refractivity contribution < 1.29 is 22.1 Å². The molecule has 0 bridgehead atoms. The summed E-state index contributed by atoms with van der Waals surface area (Å²) in [5.74, 6) is 1.16. The number of rotatable bonds is 6. The predicted molar refractivity (Wildman–Crippen MR) is 156 cm³/mol. The van der Waals surface area contributed by atoms with Gasteiger partial charge in [0.15, 0.2) is 0 Å². The van der Waals surface area contributed by atoms with Gasteiger partial charge in [0.25, 0.3) is 10.1 Å². The maximum Gasteiger partial charge on any atom is 0.272 e. The molecule has 4 atom stereocenters. The molecule has 38 heavy (non-hydrogen) atoms. The molecule has 0 aliphatic carbocycles. The summed E-state index contributed by atoms with van der Waals surface area (Å²) in [6, 6.07) is 4.49. The topological polar surface area (TPSA) is 120 Å². The van der Waals surface area contributed by atoms with Crippen LogP contribution in [0.2, 0.25) is 10.6 Å². The largest absolute Gasteiger partial charge is 0.377 e. The molecule has 0 amide bonds. The third kappa shape index (κ3) is 8.45. The summed E-state index contributed by atoms with van der Waals surface area (Å²) in [6.45, 7) is 10.9. The van der Waals surface area contributed by atoms with Crippen molar-refractivity contribution in [2.75, 3.05) is 43.3 Å². The second-order valence-corrected chi connectivity index (χ2v) is 12.4. The average molecular weight is 703 g/mol. The molecule has 4 heterocycles. The van der Waals surface area contributed by atoms with Crippen molar-refractivity contribution in [1.29, 1.82) is 0 Å². The average Bonchev–Trinajstić information content (AvgIpc) is 2.83. The Morgan fingerprint density at radius 2 is 1.24 bits per heavy atom. The molecule has 4 rings (SSSR count). The molecular formula is C23H33Cl2IN6O5S. The molecule has 11 nitrogen and oxygen atoms in total. The minimum absolute atomic E-state index is 0.0136. The molecule has 0 aromatic carbocycles. The second kappa shape index (κ2) is 14.0. The highest BCUT2D eigenvalue weighted by Gasteiger charge is 2.28. The Bertz CT molecular complexity index is 1180. The van der Waals surface area contributed by atoms with Crippen molar-refractivity contribution in [1.82, 2.24) is 19.9 Å². The fourth-order valence-electron chi connectivity index (χ4n) is 4.46. The van der Waals surface area contributed by atoms with Gasteiger partial charge in [0, 0.05) is 16.6 Å². The number of ether oxygens (including phenoxy) is 2. The van der Waals surface area contributed by atoms with E-state index in [1.54, 1.807) is 6.07 Å². The number of alkyl halides is 1. The lowest BCUT2D eigenvalue weighted by atomic mass is 10.1. The van der Waals surface area contributed by atoms with Crippen LogP contribution in [-0.2, 0) is 34.0 Å². The lowest BCUT2D eigenvalue weighted by Gasteiger charge is -2.39. The Balaban J connectivity index is 0.000000215. The number of hydrogen-bond acceptors (Lipinski definition) is 11. The van der Waals surface area contributed by atoms with E-state index < -0.39 is 10.1 Å². The van der Waals surface area contributed by atoms with E-state index in [0.717, 1.165) is 36.3 Å². The number of nitrogens with zero attached hydrogens (tertiary/aromatic N) is 6. The third-order valence-electron chi connectivity index (χ3n) is 6.06. The van der Waals surface area contributed by atoms with Crippen LogP contribution in [0.4, 0.5) is 11.6 Å². The van der Waals surface area contributed by atoms with E-state index in [9.17, 15) is 8.42 Å². The van der Waals surface area contributed by atoms with E-state index in [1.165, 1.54) is 0 Å². The van der Waals surface area contributed by atoms with Gasteiger partial charge in [-0.3, -0.25) is 4.18 Å². The van der Waals surface area contributed by atoms with Crippen molar-refractivity contribution >= 4 is 67.5 Å². The minimum atomic E-state index is -3.66. The van der Waals surface area contributed by atoms with Crippen molar-refractivity contribution in [3.63, 3.8) is 0 Å². The van der Waals surface area contributed by atoms with Gasteiger partial charge in [-0.25, -0.2) is 19.9 Å². The highest BCUT2D eigenvalue weighted by atomic mass is 127. The van der Waals surface area contributed by atoms with Crippen molar-refractivity contribution in [2.24, 2.45) is 0 Å². The Kier molecular flexibility index (Phi) is 11.6. The molecule has 0 radical (unpaired) electrons. The molecule has 2 aromatic heterocycles. The molecule has 2 aliphatic heterocycles. The first-order valence-electron chi connectivity index (χ1n) is 12.1. The zero-order chi connectivity index (χ0) is 28.0. The molecule has 2 saturated heterocycles. The van der Waals surface area contributed by atoms with Gasteiger partial charge in [-0.2, -0.15) is 8.42 Å². The van der Waals surface area contributed by atoms with Gasteiger partial charge in [-0.05, 0) is 50.9 Å². The van der Waals surface area contributed by atoms with Gasteiger partial charge < -0.3 is 19.3 Å². The van der Waals surface area contributed by atoms with Crippen LogP contribution in [0.1, 0.15) is 39.1 Å². The van der Waals surface area contributed by atoms with Crippen LogP contribution in [0.5, 0.6) is 0 Å². The first kappa shape index (κ1) is 31.4. The number of morpholine rings is 2. The third-order valence-corrected chi connectivity index (χ3v) is 8.33. The quantitative estimate of drug-likeness (QED) is 0.189. The standard InChI is InChI=1S/C12H18ClN3O4S.C11H15ClIN3O/c1-8-5-20-6-9(2)16(8)11-4-10(14-12(13)15-11)7-21(17,18)19-3;1-7-5-17-6-8(2)16(7)10-3-9(4-13)14-11(12)15-10/h4,8-9H,5-7H2,1-3H3;3,7-8H,4-6H2,1-2H3/t8-,9-;7-,8-/m00/s1. The molecule has 2 fully saturated rings. The lowest BCUT2D eigenvalue weighted by Crippen LogP contribution is -2.50. The summed E-state index contributed by atoms with van der Waals surface area (Å²) < 4.78 is 39.3. The minimum Gasteiger partial charge on any atom is -0.377 e. The second-order valence-electron chi connectivity index (χ2n) is 9.26. The summed E-state index contributed by atoms with van der Waals surface area (Å²) in [6.07, 6.45) is 0. The summed E-state index contributed by atoms with van der Waals surface area (Å²) in [5, 5.41) is 0.333. The smallest absolute Gasteiger partial charge is 0.272 e. The maximum atomic E-state index is 11.5. The molecule has 212 valence electrons. The van der Waals surface area contributed by atoms with E-state index >= 15 is 0 Å². The fourth-order valence-corrected chi connectivity index (χ4v) is 5.87. The van der Waals surface area contributed by atoms with Crippen LogP contribution in [0.25, 0.3) is 0 Å². The lowest BCUT2D eigenvalue weighted by molar-refractivity contribution is 0.0752. The number of anilines is 2. The van der Waals surface area contributed by atoms with Gasteiger partial charge in [0.05, 0.1) is 69.1 Å². The zero-order valence-corrected chi connectivity index (χ0v) is 26.5. The van der Waals surface area contributed by atoms with Crippen molar-refractivity contribution in [3.05, 3.63) is 34.1 Å². The summed E-state index contributed by atoms with van der Waals surface area (Å²) >= 11 is 14.2. The zero-order valence-electron chi connectivity index (χ0n) is 22.0. The van der Waals surface area contributed by atoms with Gasteiger partial charge in [0.1, 0.15) is 17.4 Å². The SMILES string of the molecule is COS(=O)(=O)Cc1cc(N2[C@@H](C)COC[C@@H]2C)nc(Cl)n1.C[C@H]1COC[C@H](C)N1c1cc(CI)nc(Cl)n1. The highest BCUT2D eigenvalue weighted by molar-refractivity contribution is 14.1. The summed E-state index contributed by atoms with van der Waals surface area (Å²) in [5.41, 5.74) is 1.27. The van der Waals surface area contributed by atoms with Crippen molar-refractivity contribution in [2.45, 2.75) is 62.0 Å². The predicted octanol–water partition coefficient (Wildman–Crippen LogP) is 3.90. The normalized spacial score (nSPS) is 24.1. The molecule has 0 saturated carbocycles. The monoisotopic (exact) mass is 702 g/mol. The van der Waals surface area contributed by atoms with Gasteiger partial charge in [0.2, 0.25) is 10.6 Å². The fraction of sp³-hybridized carbons (Fsp3) is 0.652. The summed E-state index contributed by atoms with van der Waals surface area (Å²) in [4.78, 5) is 21.0. The number of hydrogen-bond donors (Lipinski definition) is 0. The van der Waals surface area contributed by atoms with E-state index in [1.807, 2.05) is 19.9 Å². The molecule has 0 spiro atoms. The Morgan fingerprint density at radius 1 is 0.842 bits per heavy atom. The molecule has 0 N–H and O–H groups in total. The van der Waals surface area contributed by atoms with Gasteiger partial charge in [-0.15, -0.1) is 0 Å². The number of aromatic nitrogens is 4. The van der Waals surface area contributed by atoms with E-state index in [-0.39, 0.29) is 23.1 Å². The Labute approximate surface area is 247 Å². The van der Waals surface area contributed by atoms with E-state index in [2.05, 4.69) is 70.4 Å². The van der Waals surface area contributed by atoms with Crippen LogP contribution in [-0.4, -0.2) is 86.1 Å². The molecule has 15 heteroatoms.